The second kappa shape index (κ2) is 12.3. The molecule has 4 heterocycles. The molecule has 0 spiro atoms. The van der Waals surface area contributed by atoms with E-state index in [0.29, 0.717) is 58.9 Å². The first kappa shape index (κ1) is 32.2. The first-order valence-electron chi connectivity index (χ1n) is 14.1. The van der Waals surface area contributed by atoms with Gasteiger partial charge in [-0.1, -0.05) is 17.7 Å². The zero-order valence-corrected chi connectivity index (χ0v) is 26.7. The van der Waals surface area contributed by atoms with Gasteiger partial charge in [0.2, 0.25) is 16.0 Å². The number of amides is 1. The van der Waals surface area contributed by atoms with E-state index in [0.717, 1.165) is 11.8 Å². The third-order valence-electron chi connectivity index (χ3n) is 7.67. The van der Waals surface area contributed by atoms with E-state index in [-0.39, 0.29) is 33.8 Å². The SMILES string of the molecule is Cc1cc([C@@H](C)Nc2ccc(Cl)nc2C(=O)NS(C)(=O)=O)c2nc(N3CCC(c4nc(C)n(C(F)F)n4)CC3)n(C)c(=O)c2c1. The van der Waals surface area contributed by atoms with Gasteiger partial charge in [-0.2, -0.15) is 18.6 Å². The Morgan fingerprint density at radius 3 is 2.42 bits per heavy atom. The van der Waals surface area contributed by atoms with Crippen LogP contribution in [0.25, 0.3) is 10.9 Å². The van der Waals surface area contributed by atoms with Gasteiger partial charge in [-0.15, -0.1) is 0 Å². The highest BCUT2D eigenvalue weighted by Crippen LogP contribution is 2.32. The molecule has 0 saturated carbocycles. The predicted molar refractivity (Wildman–Crippen MR) is 166 cm³/mol. The Morgan fingerprint density at radius 1 is 1.11 bits per heavy atom. The Morgan fingerprint density at radius 2 is 1.80 bits per heavy atom. The Labute approximate surface area is 262 Å². The van der Waals surface area contributed by atoms with Crippen molar-refractivity contribution in [3.05, 3.63) is 68.2 Å². The van der Waals surface area contributed by atoms with Crippen LogP contribution in [0.1, 0.15) is 71.5 Å². The van der Waals surface area contributed by atoms with Gasteiger partial charge in [-0.3, -0.25) is 14.2 Å². The number of hydrogen-bond donors (Lipinski definition) is 2. The van der Waals surface area contributed by atoms with Gasteiger partial charge in [0.25, 0.3) is 11.5 Å². The van der Waals surface area contributed by atoms with Crippen LogP contribution in [0, 0.1) is 13.8 Å². The molecule has 4 aromatic rings. The molecule has 13 nitrogen and oxygen atoms in total. The number of benzene rings is 1. The van der Waals surface area contributed by atoms with Gasteiger partial charge in [0.05, 0.1) is 28.9 Å². The summed E-state index contributed by atoms with van der Waals surface area (Å²) < 4.78 is 53.9. The molecule has 0 unspecified atom stereocenters. The van der Waals surface area contributed by atoms with Crippen LogP contribution >= 0.6 is 11.6 Å². The summed E-state index contributed by atoms with van der Waals surface area (Å²) in [7, 11) is -2.21. The van der Waals surface area contributed by atoms with Crippen LogP contribution in [0.15, 0.2) is 29.1 Å². The number of hydrogen-bond acceptors (Lipinski definition) is 10. The van der Waals surface area contributed by atoms with Crippen molar-refractivity contribution < 1.29 is 22.0 Å². The van der Waals surface area contributed by atoms with Crippen LogP contribution in [-0.4, -0.2) is 63.0 Å². The number of piperidine rings is 1. The highest BCUT2D eigenvalue weighted by molar-refractivity contribution is 7.89. The normalized spacial score (nSPS) is 15.1. The van der Waals surface area contributed by atoms with Crippen molar-refractivity contribution in [1.29, 1.82) is 0 Å². The van der Waals surface area contributed by atoms with Crippen LogP contribution < -0.4 is 20.5 Å². The fourth-order valence-corrected chi connectivity index (χ4v) is 6.11. The van der Waals surface area contributed by atoms with Gasteiger partial charge < -0.3 is 10.2 Å². The van der Waals surface area contributed by atoms with E-state index in [1.807, 2.05) is 29.5 Å². The van der Waals surface area contributed by atoms with Gasteiger partial charge in [-0.25, -0.2) is 28.1 Å². The maximum atomic E-state index is 13.6. The average molecular weight is 664 g/mol. The van der Waals surface area contributed by atoms with Crippen molar-refractivity contribution in [3.63, 3.8) is 0 Å². The Hall–Kier alpha value is -4.18. The quantitative estimate of drug-likeness (QED) is 0.266. The Bertz CT molecular complexity index is 1960. The van der Waals surface area contributed by atoms with E-state index in [9.17, 15) is 26.8 Å². The number of aryl methyl sites for hydroxylation is 2. The minimum Gasteiger partial charge on any atom is -0.377 e. The summed E-state index contributed by atoms with van der Waals surface area (Å²) >= 11 is 6.01. The number of aromatic nitrogens is 6. The first-order valence-corrected chi connectivity index (χ1v) is 16.3. The van der Waals surface area contributed by atoms with E-state index in [1.165, 1.54) is 23.6 Å². The fraction of sp³-hybridized carbons (Fsp3) is 0.429. The molecule has 1 amide bonds. The lowest BCUT2D eigenvalue weighted by Gasteiger charge is -2.32. The maximum Gasteiger partial charge on any atom is 0.334 e. The van der Waals surface area contributed by atoms with Crippen molar-refractivity contribution >= 4 is 50.1 Å². The second-order valence-electron chi connectivity index (χ2n) is 11.1. The largest absolute Gasteiger partial charge is 0.377 e. The smallest absolute Gasteiger partial charge is 0.334 e. The van der Waals surface area contributed by atoms with E-state index < -0.39 is 28.5 Å². The van der Waals surface area contributed by atoms with E-state index >= 15 is 0 Å². The molecule has 5 rings (SSSR count). The van der Waals surface area contributed by atoms with Crippen molar-refractivity contribution in [2.75, 3.05) is 29.6 Å². The van der Waals surface area contributed by atoms with Gasteiger partial charge in [0, 0.05) is 31.6 Å². The highest BCUT2D eigenvalue weighted by Gasteiger charge is 2.28. The molecule has 1 aliphatic rings. The number of halogens is 3. The number of fused-ring (bicyclic) bond motifs is 1. The third-order valence-corrected chi connectivity index (χ3v) is 8.44. The minimum atomic E-state index is -3.86. The number of carbonyl (C=O) groups is 1. The summed E-state index contributed by atoms with van der Waals surface area (Å²) in [5.41, 5.74) is 1.70. The Kier molecular flexibility index (Phi) is 8.81. The summed E-state index contributed by atoms with van der Waals surface area (Å²) in [6, 6.07) is 6.11. The molecule has 1 aromatic carbocycles. The molecule has 0 bridgehead atoms. The summed E-state index contributed by atoms with van der Waals surface area (Å²) in [6.07, 6.45) is 2.03. The lowest BCUT2D eigenvalue weighted by molar-refractivity contribution is 0.0534. The van der Waals surface area contributed by atoms with E-state index in [1.54, 1.807) is 13.1 Å². The van der Waals surface area contributed by atoms with E-state index in [4.69, 9.17) is 16.6 Å². The van der Waals surface area contributed by atoms with Crippen molar-refractivity contribution in [2.24, 2.45) is 7.05 Å². The molecule has 2 N–H and O–H groups in total. The van der Waals surface area contributed by atoms with Crippen LogP contribution in [-0.2, 0) is 17.1 Å². The molecule has 0 radical (unpaired) electrons. The van der Waals surface area contributed by atoms with Gasteiger partial charge in [0.15, 0.2) is 11.5 Å². The predicted octanol–water partition coefficient (Wildman–Crippen LogP) is 3.83. The van der Waals surface area contributed by atoms with Crippen molar-refractivity contribution in [2.45, 2.75) is 52.1 Å². The van der Waals surface area contributed by atoms with Crippen LogP contribution in [0.4, 0.5) is 20.4 Å². The lowest BCUT2D eigenvalue weighted by atomic mass is 9.96. The lowest BCUT2D eigenvalue weighted by Crippen LogP contribution is -2.38. The monoisotopic (exact) mass is 663 g/mol. The standard InChI is InChI=1S/C28H32ClF2N9O4S/c1-14-12-18(15(2)32-20-6-7-21(29)34-23(20)25(41)37-45(5,43)44)22-19(13-14)26(42)38(4)28(35-22)39-10-8-17(9-11-39)24-33-16(3)40(36-24)27(30)31/h6-7,12-13,15,17,27,32H,8-11H2,1-5H3,(H,37,41)/t15-/m1/s1. The fourth-order valence-electron chi connectivity index (χ4n) is 5.52. The number of pyridine rings is 1. The first-order chi connectivity index (χ1) is 21.1. The van der Waals surface area contributed by atoms with Crippen molar-refractivity contribution in [1.82, 2.24) is 34.0 Å². The minimum absolute atomic E-state index is 0.000255. The molecule has 1 atom stereocenters. The molecule has 45 heavy (non-hydrogen) atoms. The molecule has 1 aliphatic heterocycles. The molecule has 3 aromatic heterocycles. The van der Waals surface area contributed by atoms with Gasteiger partial charge in [-0.05, 0) is 57.4 Å². The summed E-state index contributed by atoms with van der Waals surface area (Å²) in [5.74, 6) is -0.0718. The summed E-state index contributed by atoms with van der Waals surface area (Å²) in [4.78, 5) is 41.6. The molecule has 1 saturated heterocycles. The molecular weight excluding hydrogens is 632 g/mol. The number of rotatable bonds is 8. The van der Waals surface area contributed by atoms with Crippen molar-refractivity contribution in [3.8, 4) is 0 Å². The van der Waals surface area contributed by atoms with Crippen LogP contribution in [0.2, 0.25) is 5.15 Å². The van der Waals surface area contributed by atoms with Crippen LogP contribution in [0.5, 0.6) is 0 Å². The molecule has 17 heteroatoms. The molecule has 0 aliphatic carbocycles. The van der Waals surface area contributed by atoms with Crippen LogP contribution in [0.3, 0.4) is 0 Å². The second-order valence-corrected chi connectivity index (χ2v) is 13.3. The molecule has 240 valence electrons. The molecular formula is C28H32ClF2N9O4S. The number of sulfonamides is 1. The van der Waals surface area contributed by atoms with Gasteiger partial charge >= 0.3 is 6.55 Å². The number of anilines is 2. The Balaban J connectivity index is 1.46. The number of alkyl halides is 2. The topological polar surface area (TPSA) is 157 Å². The number of carbonyl (C=O) groups excluding carboxylic acids is 1. The maximum absolute atomic E-state index is 13.6. The van der Waals surface area contributed by atoms with E-state index in [2.05, 4.69) is 20.4 Å². The molecule has 1 fully saturated rings. The van der Waals surface area contributed by atoms with Gasteiger partial charge in [0.1, 0.15) is 11.0 Å². The third kappa shape index (κ3) is 6.76. The highest BCUT2D eigenvalue weighted by atomic mass is 35.5. The average Bonchev–Trinajstić information content (AvgIpc) is 3.36. The number of nitrogens with one attached hydrogen (secondary N) is 2. The summed E-state index contributed by atoms with van der Waals surface area (Å²) in [5, 5.41) is 7.62. The number of nitrogens with zero attached hydrogens (tertiary/aromatic N) is 7. The zero-order chi connectivity index (χ0) is 32.8. The zero-order valence-electron chi connectivity index (χ0n) is 25.2. The summed E-state index contributed by atoms with van der Waals surface area (Å²) in [6.45, 7) is 3.42.